The zero-order chi connectivity index (χ0) is 13.9. The second-order valence-corrected chi connectivity index (χ2v) is 3.97. The molecular formula is C10H13ClF3N3O. The minimum Gasteiger partial charge on any atom is -0.397 e. The summed E-state index contributed by atoms with van der Waals surface area (Å²) in [7, 11) is 0. The Morgan fingerprint density at radius 2 is 1.94 bits per heavy atom. The maximum atomic E-state index is 13.9. The molecule has 8 heteroatoms. The molecule has 18 heavy (non-hydrogen) atoms. The van der Waals surface area contributed by atoms with Crippen LogP contribution in [0, 0.1) is 5.82 Å². The van der Waals surface area contributed by atoms with Gasteiger partial charge in [-0.1, -0.05) is 11.6 Å². The summed E-state index contributed by atoms with van der Waals surface area (Å²) < 4.78 is 38.7. The molecule has 1 aromatic carbocycles. The third-order valence-corrected chi connectivity index (χ3v) is 2.67. The van der Waals surface area contributed by atoms with Crippen LogP contribution >= 0.6 is 11.6 Å². The summed E-state index contributed by atoms with van der Waals surface area (Å²) in [6.45, 7) is -1.37. The monoisotopic (exact) mass is 283 g/mol. The Balaban J connectivity index is 3.22. The molecule has 0 saturated carbocycles. The van der Waals surface area contributed by atoms with Crippen LogP contribution in [0.3, 0.4) is 0 Å². The molecule has 0 bridgehead atoms. The van der Waals surface area contributed by atoms with Gasteiger partial charge < -0.3 is 21.5 Å². The summed E-state index contributed by atoms with van der Waals surface area (Å²) in [4.78, 5) is 0.931. The fourth-order valence-corrected chi connectivity index (χ4v) is 1.70. The molecule has 0 unspecified atom stereocenters. The topological polar surface area (TPSA) is 75.5 Å². The first kappa shape index (κ1) is 14.7. The fourth-order valence-electron chi connectivity index (χ4n) is 1.56. The predicted molar refractivity (Wildman–Crippen MR) is 65.5 cm³/mol. The smallest absolute Gasteiger partial charge is 0.255 e. The van der Waals surface area contributed by atoms with Crippen molar-refractivity contribution in [3.63, 3.8) is 0 Å². The number of benzene rings is 1. The van der Waals surface area contributed by atoms with Gasteiger partial charge in [-0.05, 0) is 6.07 Å². The van der Waals surface area contributed by atoms with Crippen LogP contribution in [0.2, 0.25) is 5.02 Å². The largest absolute Gasteiger partial charge is 0.397 e. The number of alkyl halides is 2. The molecule has 0 aliphatic heterocycles. The number of nitrogens with zero attached hydrogens (tertiary/aromatic N) is 1. The van der Waals surface area contributed by atoms with E-state index in [0.717, 1.165) is 4.90 Å². The van der Waals surface area contributed by atoms with Crippen molar-refractivity contribution in [3.8, 4) is 0 Å². The first-order valence-corrected chi connectivity index (χ1v) is 5.43. The maximum absolute atomic E-state index is 13.9. The number of nitrogens with two attached hydrogens (primary N) is 2. The van der Waals surface area contributed by atoms with E-state index >= 15 is 0 Å². The summed E-state index contributed by atoms with van der Waals surface area (Å²) in [5, 5.41) is 8.43. The first-order valence-electron chi connectivity index (χ1n) is 5.05. The van der Waals surface area contributed by atoms with Gasteiger partial charge in [0.25, 0.3) is 6.43 Å². The summed E-state index contributed by atoms with van der Waals surface area (Å²) in [5.41, 5.74) is 10.5. The summed E-state index contributed by atoms with van der Waals surface area (Å²) in [6.07, 6.45) is -2.70. The van der Waals surface area contributed by atoms with Crippen LogP contribution in [0.4, 0.5) is 30.2 Å². The lowest BCUT2D eigenvalue weighted by molar-refractivity contribution is 0.152. The van der Waals surface area contributed by atoms with Gasteiger partial charge in [0.1, 0.15) is 5.02 Å². The van der Waals surface area contributed by atoms with Crippen LogP contribution in [-0.4, -0.2) is 31.2 Å². The molecule has 0 atom stereocenters. The number of hydrogen-bond donors (Lipinski definition) is 3. The molecule has 0 spiro atoms. The van der Waals surface area contributed by atoms with E-state index < -0.39 is 25.4 Å². The van der Waals surface area contributed by atoms with Gasteiger partial charge in [0, 0.05) is 6.54 Å². The third-order valence-electron chi connectivity index (χ3n) is 2.28. The van der Waals surface area contributed by atoms with Crippen LogP contribution in [0.1, 0.15) is 0 Å². The number of halogens is 4. The molecule has 0 aliphatic carbocycles. The van der Waals surface area contributed by atoms with Crippen molar-refractivity contribution in [1.82, 2.24) is 0 Å². The summed E-state index contributed by atoms with van der Waals surface area (Å²) >= 11 is 5.60. The van der Waals surface area contributed by atoms with E-state index in [1.165, 1.54) is 6.07 Å². The number of hydrogen-bond acceptors (Lipinski definition) is 4. The van der Waals surface area contributed by atoms with Gasteiger partial charge in [-0.3, -0.25) is 0 Å². The highest BCUT2D eigenvalue weighted by molar-refractivity contribution is 6.33. The number of rotatable bonds is 5. The third kappa shape index (κ3) is 3.11. The molecule has 0 radical (unpaired) electrons. The average Bonchev–Trinajstić information content (AvgIpc) is 2.25. The van der Waals surface area contributed by atoms with E-state index in [-0.39, 0.29) is 28.6 Å². The molecule has 1 aromatic rings. The predicted octanol–water partition coefficient (Wildman–Crippen LogP) is 1.71. The van der Waals surface area contributed by atoms with Crippen LogP contribution in [0.5, 0.6) is 0 Å². The second-order valence-electron chi connectivity index (χ2n) is 3.59. The molecule has 1 rings (SSSR count). The van der Waals surface area contributed by atoms with Gasteiger partial charge in [-0.25, -0.2) is 13.2 Å². The molecule has 0 fully saturated rings. The lowest BCUT2D eigenvalue weighted by Gasteiger charge is -2.26. The molecule has 0 aliphatic rings. The molecule has 0 amide bonds. The van der Waals surface area contributed by atoms with E-state index in [0.29, 0.717) is 0 Å². The molecule has 0 aromatic heterocycles. The Morgan fingerprint density at radius 3 is 2.44 bits per heavy atom. The standard InChI is InChI=1S/C10H13ClF3N3O/c11-8-5(15)3-6(16)10(9(8)14)17(1-2-18)4-7(12)13/h3,7,18H,1-2,4,15-16H2. The SMILES string of the molecule is Nc1cc(N)c(N(CCO)CC(F)F)c(F)c1Cl. The summed E-state index contributed by atoms with van der Waals surface area (Å²) in [5.74, 6) is -0.969. The second kappa shape index (κ2) is 6.01. The van der Waals surface area contributed by atoms with Crippen LogP contribution in [0.25, 0.3) is 0 Å². The van der Waals surface area contributed by atoms with Gasteiger partial charge in [-0.2, -0.15) is 0 Å². The zero-order valence-corrected chi connectivity index (χ0v) is 10.1. The first-order chi connectivity index (χ1) is 8.38. The highest BCUT2D eigenvalue weighted by atomic mass is 35.5. The highest BCUT2D eigenvalue weighted by Gasteiger charge is 2.22. The Kier molecular flexibility index (Phi) is 4.92. The van der Waals surface area contributed by atoms with Gasteiger partial charge in [0.15, 0.2) is 5.82 Å². The van der Waals surface area contributed by atoms with Crippen molar-refractivity contribution in [2.75, 3.05) is 36.1 Å². The maximum Gasteiger partial charge on any atom is 0.255 e. The molecule has 4 nitrogen and oxygen atoms in total. The van der Waals surface area contributed by atoms with Gasteiger partial charge in [-0.15, -0.1) is 0 Å². The molecule has 102 valence electrons. The van der Waals surface area contributed by atoms with E-state index in [4.69, 9.17) is 28.2 Å². The van der Waals surface area contributed by atoms with Crippen LogP contribution in [-0.2, 0) is 0 Å². The number of nitrogen functional groups attached to an aromatic ring is 2. The number of aliphatic hydroxyl groups excluding tert-OH is 1. The average molecular weight is 284 g/mol. The van der Waals surface area contributed by atoms with E-state index in [2.05, 4.69) is 0 Å². The fraction of sp³-hybridized carbons (Fsp3) is 0.400. The highest BCUT2D eigenvalue weighted by Crippen LogP contribution is 2.36. The van der Waals surface area contributed by atoms with E-state index in [1.807, 2.05) is 0 Å². The van der Waals surface area contributed by atoms with Crippen molar-refractivity contribution < 1.29 is 18.3 Å². The van der Waals surface area contributed by atoms with Crippen molar-refractivity contribution in [2.45, 2.75) is 6.43 Å². The van der Waals surface area contributed by atoms with Gasteiger partial charge in [0.2, 0.25) is 0 Å². The van der Waals surface area contributed by atoms with Gasteiger partial charge in [0.05, 0.1) is 30.2 Å². The zero-order valence-electron chi connectivity index (χ0n) is 9.34. The van der Waals surface area contributed by atoms with Crippen molar-refractivity contribution in [2.24, 2.45) is 0 Å². The van der Waals surface area contributed by atoms with Crippen molar-refractivity contribution >= 4 is 28.7 Å². The summed E-state index contributed by atoms with van der Waals surface area (Å²) in [6, 6.07) is 1.19. The Labute approximate surface area is 107 Å². The number of anilines is 3. The molecule has 0 heterocycles. The van der Waals surface area contributed by atoms with Crippen molar-refractivity contribution in [1.29, 1.82) is 0 Å². The minimum atomic E-state index is -2.70. The van der Waals surface area contributed by atoms with Gasteiger partial charge >= 0.3 is 0 Å². The van der Waals surface area contributed by atoms with Crippen molar-refractivity contribution in [3.05, 3.63) is 16.9 Å². The minimum absolute atomic E-state index is 0.0728. The molecule has 5 N–H and O–H groups in total. The quantitative estimate of drug-likeness (QED) is 0.719. The van der Waals surface area contributed by atoms with E-state index in [1.54, 1.807) is 0 Å². The van der Waals surface area contributed by atoms with Crippen LogP contribution in [0.15, 0.2) is 6.07 Å². The number of aliphatic hydroxyl groups is 1. The Bertz CT molecular complexity index is 431. The molecule has 0 saturated heterocycles. The normalized spacial score (nSPS) is 11.0. The van der Waals surface area contributed by atoms with Crippen LogP contribution < -0.4 is 16.4 Å². The lowest BCUT2D eigenvalue weighted by atomic mass is 10.2. The molecular weight excluding hydrogens is 271 g/mol. The lowest BCUT2D eigenvalue weighted by Crippen LogP contribution is -2.33. The Hall–Kier alpha value is -1.34. The Morgan fingerprint density at radius 1 is 1.33 bits per heavy atom. The van der Waals surface area contributed by atoms with E-state index in [9.17, 15) is 13.2 Å².